The molecule has 20 heavy (non-hydrogen) atoms. The molecule has 0 radical (unpaired) electrons. The van der Waals surface area contributed by atoms with E-state index in [0.717, 1.165) is 6.42 Å². The second-order valence-corrected chi connectivity index (χ2v) is 6.15. The number of nitrogens with zero attached hydrogens (tertiary/aromatic N) is 3. The Morgan fingerprint density at radius 2 is 2.25 bits per heavy atom. The third-order valence-corrected chi connectivity index (χ3v) is 4.08. The zero-order chi connectivity index (χ0) is 14.8. The molecule has 0 aliphatic rings. The molecule has 108 valence electrons. The number of aromatic nitrogens is 3. The quantitative estimate of drug-likeness (QED) is 0.818. The molecule has 0 aliphatic heterocycles. The predicted molar refractivity (Wildman–Crippen MR) is 77.0 cm³/mol. The van der Waals surface area contributed by atoms with Crippen molar-refractivity contribution < 1.29 is 8.42 Å². The summed E-state index contributed by atoms with van der Waals surface area (Å²) in [4.78, 5) is 3.72. The van der Waals surface area contributed by atoms with Crippen molar-refractivity contribution in [3.05, 3.63) is 29.7 Å². The topological polar surface area (TPSA) is 103 Å². The fraction of sp³-hybridized carbons (Fsp3) is 0.273. The Kier molecular flexibility index (Phi) is 4.15. The molecule has 3 N–H and O–H groups in total. The number of pyridine rings is 1. The molecule has 0 unspecified atom stereocenters. The smallest absolute Gasteiger partial charge is 0.267 e. The van der Waals surface area contributed by atoms with E-state index in [4.69, 9.17) is 17.3 Å². The molecule has 2 aromatic rings. The predicted octanol–water partition coefficient (Wildman–Crippen LogP) is 1.72. The summed E-state index contributed by atoms with van der Waals surface area (Å²) in [5, 5.41) is 4.16. The molecular formula is C11H14ClN5O2S. The molecule has 0 bridgehead atoms. The number of hydrogen-bond acceptors (Lipinski definition) is 5. The summed E-state index contributed by atoms with van der Waals surface area (Å²) in [5.41, 5.74) is 5.96. The largest absolute Gasteiger partial charge is 0.381 e. The van der Waals surface area contributed by atoms with Crippen molar-refractivity contribution in [2.45, 2.75) is 24.8 Å². The Bertz CT molecular complexity index is 713. The minimum atomic E-state index is -3.80. The van der Waals surface area contributed by atoms with Gasteiger partial charge in [-0.1, -0.05) is 18.5 Å². The van der Waals surface area contributed by atoms with E-state index in [9.17, 15) is 8.42 Å². The minimum Gasteiger partial charge on any atom is -0.381 e. The van der Waals surface area contributed by atoms with E-state index in [0.29, 0.717) is 12.2 Å². The van der Waals surface area contributed by atoms with Gasteiger partial charge in [-0.15, -0.1) is 0 Å². The van der Waals surface area contributed by atoms with Gasteiger partial charge in [0.25, 0.3) is 10.0 Å². The third kappa shape index (κ3) is 3.20. The molecule has 0 atom stereocenters. The number of nitrogens with two attached hydrogens (primary N) is 1. The number of sulfonamides is 1. The molecule has 0 saturated heterocycles. The van der Waals surface area contributed by atoms with Gasteiger partial charge >= 0.3 is 0 Å². The van der Waals surface area contributed by atoms with Crippen molar-refractivity contribution in [3.63, 3.8) is 0 Å². The van der Waals surface area contributed by atoms with Crippen LogP contribution >= 0.6 is 11.6 Å². The van der Waals surface area contributed by atoms with Crippen molar-refractivity contribution in [2.75, 3.05) is 10.5 Å². The van der Waals surface area contributed by atoms with Crippen molar-refractivity contribution in [1.82, 2.24) is 14.8 Å². The van der Waals surface area contributed by atoms with Gasteiger partial charge in [0.15, 0.2) is 5.82 Å². The molecule has 0 spiro atoms. The van der Waals surface area contributed by atoms with E-state index in [-0.39, 0.29) is 15.9 Å². The van der Waals surface area contributed by atoms with Crippen LogP contribution < -0.4 is 10.5 Å². The number of rotatable bonds is 5. The summed E-state index contributed by atoms with van der Waals surface area (Å²) < 4.78 is 28.4. The van der Waals surface area contributed by atoms with Crippen molar-refractivity contribution in [3.8, 4) is 0 Å². The summed E-state index contributed by atoms with van der Waals surface area (Å²) in [6.07, 6.45) is 3.64. The fourth-order valence-electron chi connectivity index (χ4n) is 1.64. The van der Waals surface area contributed by atoms with Gasteiger partial charge in [-0.3, -0.25) is 9.40 Å². The summed E-state index contributed by atoms with van der Waals surface area (Å²) in [6, 6.07) is 2.90. The number of hydrogen-bond donors (Lipinski definition) is 2. The van der Waals surface area contributed by atoms with Gasteiger partial charge in [-0.2, -0.15) is 5.10 Å². The summed E-state index contributed by atoms with van der Waals surface area (Å²) >= 11 is 5.71. The number of anilines is 2. The SMILES string of the molecule is CCCn1cc(S(=O)(=O)Nc2ccnc(Cl)c2)c(N)n1. The normalized spacial score (nSPS) is 11.5. The molecule has 0 saturated carbocycles. The first kappa shape index (κ1) is 14.6. The first-order chi connectivity index (χ1) is 9.42. The zero-order valence-electron chi connectivity index (χ0n) is 10.7. The van der Waals surface area contributed by atoms with Crippen LogP contribution in [0.5, 0.6) is 0 Å². The van der Waals surface area contributed by atoms with Gasteiger partial charge in [0, 0.05) is 18.9 Å². The number of aryl methyl sites for hydroxylation is 1. The fourth-order valence-corrected chi connectivity index (χ4v) is 2.94. The highest BCUT2D eigenvalue weighted by Crippen LogP contribution is 2.21. The lowest BCUT2D eigenvalue weighted by Gasteiger charge is -2.06. The average molecular weight is 316 g/mol. The lowest BCUT2D eigenvalue weighted by molar-refractivity contribution is 0.595. The van der Waals surface area contributed by atoms with Gasteiger partial charge in [0.2, 0.25) is 0 Å². The summed E-state index contributed by atoms with van der Waals surface area (Å²) in [5.74, 6) is -0.0360. The molecule has 2 rings (SSSR count). The van der Waals surface area contributed by atoms with E-state index < -0.39 is 10.0 Å². The molecule has 0 aliphatic carbocycles. The van der Waals surface area contributed by atoms with Crippen LogP contribution in [0.2, 0.25) is 5.15 Å². The highest BCUT2D eigenvalue weighted by molar-refractivity contribution is 7.92. The molecular weight excluding hydrogens is 302 g/mol. The van der Waals surface area contributed by atoms with E-state index in [1.54, 1.807) is 0 Å². The van der Waals surface area contributed by atoms with Crippen LogP contribution in [-0.4, -0.2) is 23.2 Å². The Morgan fingerprint density at radius 1 is 1.50 bits per heavy atom. The van der Waals surface area contributed by atoms with Crippen LogP contribution in [-0.2, 0) is 16.6 Å². The minimum absolute atomic E-state index is 0.0360. The maximum absolute atomic E-state index is 12.2. The second kappa shape index (κ2) is 5.68. The molecule has 9 heteroatoms. The van der Waals surface area contributed by atoms with E-state index in [1.807, 2.05) is 6.92 Å². The van der Waals surface area contributed by atoms with Crippen molar-refractivity contribution in [2.24, 2.45) is 0 Å². The number of nitrogens with one attached hydrogen (secondary N) is 1. The second-order valence-electron chi connectivity index (χ2n) is 4.11. The first-order valence-electron chi connectivity index (χ1n) is 5.89. The first-order valence-corrected chi connectivity index (χ1v) is 7.76. The lowest BCUT2D eigenvalue weighted by atomic mass is 10.4. The van der Waals surface area contributed by atoms with Crippen molar-refractivity contribution in [1.29, 1.82) is 0 Å². The van der Waals surface area contributed by atoms with E-state index in [2.05, 4.69) is 14.8 Å². The summed E-state index contributed by atoms with van der Waals surface area (Å²) in [7, 11) is -3.80. The van der Waals surface area contributed by atoms with Crippen LogP contribution in [0, 0.1) is 0 Å². The molecule has 0 fully saturated rings. The van der Waals surface area contributed by atoms with Crippen LogP contribution in [0.4, 0.5) is 11.5 Å². The molecule has 0 amide bonds. The van der Waals surface area contributed by atoms with E-state index in [1.165, 1.54) is 29.2 Å². The highest BCUT2D eigenvalue weighted by Gasteiger charge is 2.21. The maximum atomic E-state index is 12.2. The Labute approximate surface area is 121 Å². The van der Waals surface area contributed by atoms with Gasteiger partial charge in [-0.25, -0.2) is 13.4 Å². The molecule has 0 aromatic carbocycles. The molecule has 7 nitrogen and oxygen atoms in total. The van der Waals surface area contributed by atoms with Gasteiger partial charge in [-0.05, 0) is 18.6 Å². The van der Waals surface area contributed by atoms with Gasteiger partial charge in [0.1, 0.15) is 10.0 Å². The molecule has 2 heterocycles. The lowest BCUT2D eigenvalue weighted by Crippen LogP contribution is -2.14. The zero-order valence-corrected chi connectivity index (χ0v) is 12.3. The number of halogens is 1. The highest BCUT2D eigenvalue weighted by atomic mass is 35.5. The Balaban J connectivity index is 2.30. The molecule has 2 aromatic heterocycles. The van der Waals surface area contributed by atoms with E-state index >= 15 is 0 Å². The monoisotopic (exact) mass is 315 g/mol. The maximum Gasteiger partial charge on any atom is 0.267 e. The third-order valence-electron chi connectivity index (χ3n) is 2.48. The van der Waals surface area contributed by atoms with Crippen molar-refractivity contribution >= 4 is 33.1 Å². The van der Waals surface area contributed by atoms with Crippen LogP contribution in [0.1, 0.15) is 13.3 Å². The Morgan fingerprint density at radius 3 is 2.90 bits per heavy atom. The Hall–Kier alpha value is -1.80. The van der Waals surface area contributed by atoms with Crippen LogP contribution in [0.25, 0.3) is 0 Å². The van der Waals surface area contributed by atoms with Crippen LogP contribution in [0.3, 0.4) is 0 Å². The summed E-state index contributed by atoms with van der Waals surface area (Å²) in [6.45, 7) is 2.56. The van der Waals surface area contributed by atoms with Gasteiger partial charge in [0.05, 0.1) is 5.69 Å². The number of nitrogen functional groups attached to an aromatic ring is 1. The van der Waals surface area contributed by atoms with Gasteiger partial charge < -0.3 is 5.73 Å². The average Bonchev–Trinajstić information content (AvgIpc) is 2.71. The standard InChI is InChI=1S/C11H14ClN5O2S/c1-2-5-17-7-9(11(13)15-17)20(18,19)16-8-3-4-14-10(12)6-8/h3-4,6-7H,2,5H2,1H3,(H2,13,15)(H,14,16). The van der Waals surface area contributed by atoms with Crippen LogP contribution in [0.15, 0.2) is 29.4 Å².